The number of halogens is 1. The summed E-state index contributed by atoms with van der Waals surface area (Å²) in [4.78, 5) is 31.8. The van der Waals surface area contributed by atoms with Crippen molar-refractivity contribution in [2.24, 2.45) is 0 Å². The molecule has 0 aliphatic carbocycles. The summed E-state index contributed by atoms with van der Waals surface area (Å²) in [6.07, 6.45) is 1.32. The maximum Gasteiger partial charge on any atom is 0.315 e. The molecule has 27 heavy (non-hydrogen) atoms. The van der Waals surface area contributed by atoms with Crippen molar-refractivity contribution < 1.29 is 14.0 Å². The third-order valence-corrected chi connectivity index (χ3v) is 5.07. The summed E-state index contributed by atoms with van der Waals surface area (Å²) >= 11 is 1.51. The first-order valence-electron chi connectivity index (χ1n) is 8.83. The van der Waals surface area contributed by atoms with Gasteiger partial charge in [0, 0.05) is 18.5 Å². The minimum Gasteiger partial charge on any atom is -0.339 e. The Bertz CT molecular complexity index is 763. The lowest BCUT2D eigenvalue weighted by molar-refractivity contribution is -0.132. The number of nitrogens with zero attached hydrogens (tertiary/aromatic N) is 2. The number of nitrogens with one attached hydrogen (secondary N) is 2. The fourth-order valence-electron chi connectivity index (χ4n) is 2.58. The van der Waals surface area contributed by atoms with Crippen LogP contribution in [0.15, 0.2) is 29.8 Å². The topological polar surface area (TPSA) is 74.3 Å². The second-order valence-electron chi connectivity index (χ2n) is 6.35. The number of hydrogen-bond acceptors (Lipinski definition) is 4. The number of likely N-dealkylation sites (N-methyl/N-ethyl adjacent to an activating group) is 1. The van der Waals surface area contributed by atoms with Crippen LogP contribution in [0.5, 0.6) is 0 Å². The normalized spacial score (nSPS) is 11.7. The fraction of sp³-hybridized carbons (Fsp3) is 0.421. The molecular weight excluding hydrogens is 367 g/mol. The molecule has 0 unspecified atom stereocenters. The van der Waals surface area contributed by atoms with Crippen LogP contribution in [-0.4, -0.2) is 34.9 Å². The minimum atomic E-state index is -0.596. The number of amides is 3. The van der Waals surface area contributed by atoms with E-state index in [1.807, 2.05) is 13.8 Å². The molecule has 2 N–H and O–H groups in total. The molecule has 0 aliphatic rings. The fourth-order valence-corrected chi connectivity index (χ4v) is 3.41. The molecule has 1 aromatic heterocycles. The van der Waals surface area contributed by atoms with Crippen LogP contribution in [0, 0.1) is 12.7 Å². The molecule has 0 spiro atoms. The predicted octanol–water partition coefficient (Wildman–Crippen LogP) is 3.22. The van der Waals surface area contributed by atoms with E-state index >= 15 is 0 Å². The van der Waals surface area contributed by atoms with E-state index in [2.05, 4.69) is 15.6 Å². The van der Waals surface area contributed by atoms with E-state index in [4.69, 9.17) is 0 Å². The molecule has 0 radical (unpaired) electrons. The van der Waals surface area contributed by atoms with Crippen LogP contribution >= 0.6 is 11.3 Å². The molecule has 0 saturated heterocycles. The molecule has 1 heterocycles. The van der Waals surface area contributed by atoms with Crippen LogP contribution in [0.2, 0.25) is 0 Å². The average Bonchev–Trinajstić information content (AvgIpc) is 3.05. The van der Waals surface area contributed by atoms with E-state index < -0.39 is 12.1 Å². The molecule has 1 atom stereocenters. The van der Waals surface area contributed by atoms with Crippen LogP contribution in [0.4, 0.5) is 9.18 Å². The minimum absolute atomic E-state index is 0.137. The molecule has 2 aromatic rings. The summed E-state index contributed by atoms with van der Waals surface area (Å²) in [6, 6.07) is 4.88. The van der Waals surface area contributed by atoms with Crippen molar-refractivity contribution in [3.63, 3.8) is 0 Å². The molecule has 3 amide bonds. The van der Waals surface area contributed by atoms with Crippen LogP contribution < -0.4 is 10.6 Å². The van der Waals surface area contributed by atoms with Gasteiger partial charge >= 0.3 is 6.03 Å². The number of rotatable bonds is 8. The summed E-state index contributed by atoms with van der Waals surface area (Å²) in [7, 11) is 1.72. The molecule has 8 heteroatoms. The number of benzene rings is 1. The Morgan fingerprint density at radius 2 is 2.00 bits per heavy atom. The Morgan fingerprint density at radius 3 is 2.59 bits per heavy atom. The lowest BCUT2D eigenvalue weighted by atomic mass is 10.1. The van der Waals surface area contributed by atoms with Crippen LogP contribution in [0.25, 0.3) is 0 Å². The largest absolute Gasteiger partial charge is 0.339 e. The van der Waals surface area contributed by atoms with Gasteiger partial charge in [0.2, 0.25) is 5.91 Å². The lowest BCUT2D eigenvalue weighted by Gasteiger charge is -2.24. The van der Waals surface area contributed by atoms with Gasteiger partial charge in [0.25, 0.3) is 0 Å². The quantitative estimate of drug-likeness (QED) is 0.724. The first kappa shape index (κ1) is 20.8. The zero-order valence-corrected chi connectivity index (χ0v) is 16.6. The number of carbonyl (C=O) groups is 2. The van der Waals surface area contributed by atoms with Crippen molar-refractivity contribution in [1.29, 1.82) is 0 Å². The number of thiazole rings is 1. The van der Waals surface area contributed by atoms with Crippen molar-refractivity contribution in [2.75, 3.05) is 7.05 Å². The number of carbonyl (C=O) groups excluding carboxylic acids is 2. The van der Waals surface area contributed by atoms with E-state index in [0.29, 0.717) is 13.0 Å². The molecule has 6 nitrogen and oxygen atoms in total. The summed E-state index contributed by atoms with van der Waals surface area (Å²) in [5.74, 6) is -0.461. The summed E-state index contributed by atoms with van der Waals surface area (Å²) in [6.45, 7) is 4.60. The Morgan fingerprint density at radius 1 is 1.30 bits per heavy atom. The SMILES string of the molecule is CCC[C@H](NC(=O)NCc1ccc(F)cc1)C(=O)N(C)Cc1scnc1C. The Kier molecular flexibility index (Phi) is 7.72. The number of hydrogen-bond donors (Lipinski definition) is 2. The zero-order valence-electron chi connectivity index (χ0n) is 15.8. The van der Waals surface area contributed by atoms with Gasteiger partial charge in [-0.15, -0.1) is 11.3 Å². The van der Waals surface area contributed by atoms with Crippen LogP contribution in [-0.2, 0) is 17.9 Å². The Hall–Kier alpha value is -2.48. The summed E-state index contributed by atoms with van der Waals surface area (Å²) < 4.78 is 12.9. The monoisotopic (exact) mass is 392 g/mol. The molecule has 0 bridgehead atoms. The second kappa shape index (κ2) is 10.0. The third kappa shape index (κ3) is 6.32. The highest BCUT2D eigenvalue weighted by Crippen LogP contribution is 2.15. The smallest absolute Gasteiger partial charge is 0.315 e. The third-order valence-electron chi connectivity index (χ3n) is 4.15. The maximum absolute atomic E-state index is 12.9. The molecule has 0 aliphatic heterocycles. The number of urea groups is 1. The molecule has 2 rings (SSSR count). The van der Waals surface area contributed by atoms with E-state index in [9.17, 15) is 14.0 Å². The second-order valence-corrected chi connectivity index (χ2v) is 7.29. The molecule has 1 aromatic carbocycles. The van der Waals surface area contributed by atoms with Gasteiger partial charge in [0.15, 0.2) is 0 Å². The van der Waals surface area contributed by atoms with Crippen LogP contribution in [0.1, 0.15) is 35.9 Å². The Labute approximate surface area is 162 Å². The van der Waals surface area contributed by atoms with Gasteiger partial charge in [-0.3, -0.25) is 4.79 Å². The summed E-state index contributed by atoms with van der Waals surface area (Å²) in [5.41, 5.74) is 3.45. The van der Waals surface area contributed by atoms with Crippen molar-refractivity contribution >= 4 is 23.3 Å². The molecule has 0 saturated carbocycles. The van der Waals surface area contributed by atoms with Gasteiger partial charge in [-0.2, -0.15) is 0 Å². The van der Waals surface area contributed by atoms with Gasteiger partial charge in [0.1, 0.15) is 11.9 Å². The standard InChI is InChI=1S/C19H25FN4O2S/c1-4-5-16(18(25)24(3)11-17-13(2)22-12-27-17)23-19(26)21-10-14-6-8-15(20)9-7-14/h6-9,12,16H,4-5,10-11H2,1-3H3,(H2,21,23,26)/t16-/m0/s1. The van der Waals surface area contributed by atoms with Gasteiger partial charge in [-0.05, 0) is 31.0 Å². The highest BCUT2D eigenvalue weighted by Gasteiger charge is 2.24. The van der Waals surface area contributed by atoms with Crippen molar-refractivity contribution in [3.05, 3.63) is 51.7 Å². The van der Waals surface area contributed by atoms with Crippen molar-refractivity contribution in [2.45, 2.75) is 45.8 Å². The van der Waals surface area contributed by atoms with E-state index in [1.54, 1.807) is 29.6 Å². The van der Waals surface area contributed by atoms with Gasteiger partial charge in [-0.25, -0.2) is 14.2 Å². The van der Waals surface area contributed by atoms with Crippen LogP contribution in [0.3, 0.4) is 0 Å². The van der Waals surface area contributed by atoms with E-state index in [-0.39, 0.29) is 18.3 Å². The zero-order chi connectivity index (χ0) is 19.8. The number of aryl methyl sites for hydroxylation is 1. The van der Waals surface area contributed by atoms with Crippen molar-refractivity contribution in [1.82, 2.24) is 20.5 Å². The first-order chi connectivity index (χ1) is 12.9. The molecular formula is C19H25FN4O2S. The highest BCUT2D eigenvalue weighted by atomic mass is 32.1. The van der Waals surface area contributed by atoms with Crippen molar-refractivity contribution in [3.8, 4) is 0 Å². The summed E-state index contributed by atoms with van der Waals surface area (Å²) in [5, 5.41) is 5.45. The van der Waals surface area contributed by atoms with E-state index in [1.165, 1.54) is 23.5 Å². The molecule has 146 valence electrons. The number of aromatic nitrogens is 1. The molecule has 0 fully saturated rings. The highest BCUT2D eigenvalue weighted by molar-refractivity contribution is 7.09. The maximum atomic E-state index is 12.9. The average molecular weight is 393 g/mol. The van der Waals surface area contributed by atoms with Gasteiger partial charge in [-0.1, -0.05) is 25.5 Å². The van der Waals surface area contributed by atoms with Gasteiger partial charge < -0.3 is 15.5 Å². The first-order valence-corrected chi connectivity index (χ1v) is 9.71. The lowest BCUT2D eigenvalue weighted by Crippen LogP contribution is -2.50. The van der Waals surface area contributed by atoms with E-state index in [0.717, 1.165) is 22.6 Å². The predicted molar refractivity (Wildman–Crippen MR) is 104 cm³/mol. The van der Waals surface area contributed by atoms with Gasteiger partial charge in [0.05, 0.1) is 17.7 Å². The Balaban J connectivity index is 1.90.